The van der Waals surface area contributed by atoms with Gasteiger partial charge in [-0.1, -0.05) is 38.1 Å². The topological polar surface area (TPSA) is 12.0 Å². The van der Waals surface area contributed by atoms with E-state index in [4.69, 9.17) is 0 Å². The van der Waals surface area contributed by atoms with Gasteiger partial charge in [0.15, 0.2) is 0 Å². The number of hydrogen-bond donors (Lipinski definition) is 1. The molecule has 3 aliphatic rings. The summed E-state index contributed by atoms with van der Waals surface area (Å²) >= 11 is 0. The van der Waals surface area contributed by atoms with Gasteiger partial charge < -0.3 is 5.32 Å². The Morgan fingerprint density at radius 2 is 1.71 bits per heavy atom. The lowest BCUT2D eigenvalue weighted by Crippen LogP contribution is -2.26. The molecule has 5 atom stereocenters. The van der Waals surface area contributed by atoms with Crippen molar-refractivity contribution in [1.29, 1.82) is 0 Å². The fourth-order valence-corrected chi connectivity index (χ4v) is 5.57. The van der Waals surface area contributed by atoms with Gasteiger partial charge in [-0.05, 0) is 79.4 Å². The Balaban J connectivity index is 1.54. The van der Waals surface area contributed by atoms with Gasteiger partial charge in [-0.2, -0.15) is 0 Å². The number of fused-ring (bicyclic) bond motifs is 5. The van der Waals surface area contributed by atoms with Crippen molar-refractivity contribution < 1.29 is 0 Å². The number of nitrogens with one attached hydrogen (secondary N) is 1. The van der Waals surface area contributed by atoms with Gasteiger partial charge in [-0.25, -0.2) is 0 Å². The van der Waals surface area contributed by atoms with E-state index in [2.05, 4.69) is 43.4 Å². The Morgan fingerprint density at radius 1 is 1.05 bits per heavy atom. The molecule has 0 amide bonds. The third-order valence-electron chi connectivity index (χ3n) is 6.54. The molecular weight excluding hydrogens is 254 g/mol. The summed E-state index contributed by atoms with van der Waals surface area (Å²) in [6, 6.07) is 10.1. The third-order valence-corrected chi connectivity index (χ3v) is 6.54. The monoisotopic (exact) mass is 283 g/mol. The van der Waals surface area contributed by atoms with E-state index in [0.717, 1.165) is 42.6 Å². The van der Waals surface area contributed by atoms with Crippen molar-refractivity contribution in [3.63, 3.8) is 0 Å². The van der Waals surface area contributed by atoms with E-state index in [0.29, 0.717) is 6.04 Å². The van der Waals surface area contributed by atoms with Crippen LogP contribution in [-0.4, -0.2) is 6.54 Å². The minimum absolute atomic E-state index is 0.620. The average Bonchev–Trinajstić information content (AvgIpc) is 2.94. The van der Waals surface area contributed by atoms with Gasteiger partial charge in [0.05, 0.1) is 0 Å². The average molecular weight is 283 g/mol. The highest BCUT2D eigenvalue weighted by atomic mass is 15.0. The van der Waals surface area contributed by atoms with Crippen molar-refractivity contribution in [2.75, 3.05) is 6.54 Å². The van der Waals surface area contributed by atoms with E-state index in [1.54, 1.807) is 12.0 Å². The molecule has 0 heterocycles. The summed E-state index contributed by atoms with van der Waals surface area (Å²) in [5.41, 5.74) is 3.00. The largest absolute Gasteiger partial charge is 0.310 e. The fraction of sp³-hybridized carbons (Fsp3) is 0.700. The first-order valence-corrected chi connectivity index (χ1v) is 9.15. The minimum Gasteiger partial charge on any atom is -0.310 e. The van der Waals surface area contributed by atoms with Crippen LogP contribution in [-0.2, 0) is 6.42 Å². The summed E-state index contributed by atoms with van der Waals surface area (Å²) in [4.78, 5) is 0. The van der Waals surface area contributed by atoms with E-state index in [1.807, 2.05) is 0 Å². The zero-order chi connectivity index (χ0) is 14.4. The van der Waals surface area contributed by atoms with Gasteiger partial charge in [0, 0.05) is 6.04 Å². The SMILES string of the molecule is CCCNC(c1ccc(CC)cc1)C1C2C3CCC(C3)C21. The molecule has 1 aromatic rings. The number of hydrogen-bond acceptors (Lipinski definition) is 1. The quantitative estimate of drug-likeness (QED) is 0.805. The highest BCUT2D eigenvalue weighted by Crippen LogP contribution is 2.72. The summed E-state index contributed by atoms with van der Waals surface area (Å²) in [6.07, 6.45) is 6.99. The van der Waals surface area contributed by atoms with Crippen molar-refractivity contribution in [3.8, 4) is 0 Å². The van der Waals surface area contributed by atoms with Crippen LogP contribution in [0.4, 0.5) is 0 Å². The van der Waals surface area contributed by atoms with E-state index in [1.165, 1.54) is 24.8 Å². The van der Waals surface area contributed by atoms with Gasteiger partial charge in [0.1, 0.15) is 0 Å². The zero-order valence-electron chi connectivity index (χ0n) is 13.5. The zero-order valence-corrected chi connectivity index (χ0v) is 13.5. The van der Waals surface area contributed by atoms with Crippen LogP contribution in [0.15, 0.2) is 24.3 Å². The number of rotatable bonds is 6. The number of benzene rings is 1. The second-order valence-corrected chi connectivity index (χ2v) is 7.59. The first-order valence-electron chi connectivity index (χ1n) is 9.15. The summed E-state index contributed by atoms with van der Waals surface area (Å²) in [7, 11) is 0. The van der Waals surface area contributed by atoms with Crippen LogP contribution in [0.2, 0.25) is 0 Å². The third kappa shape index (κ3) is 2.25. The van der Waals surface area contributed by atoms with Crippen molar-refractivity contribution in [2.45, 2.75) is 52.0 Å². The lowest BCUT2D eigenvalue weighted by Gasteiger charge is -2.23. The maximum atomic E-state index is 3.88. The van der Waals surface area contributed by atoms with Crippen LogP contribution >= 0.6 is 0 Å². The molecule has 114 valence electrons. The van der Waals surface area contributed by atoms with Crippen LogP contribution in [0.3, 0.4) is 0 Å². The molecule has 0 saturated heterocycles. The normalized spacial score (nSPS) is 37.5. The van der Waals surface area contributed by atoms with E-state index >= 15 is 0 Å². The molecule has 5 unspecified atom stereocenters. The summed E-state index contributed by atoms with van der Waals surface area (Å²) in [5, 5.41) is 3.88. The molecule has 2 bridgehead atoms. The Morgan fingerprint density at radius 3 is 2.29 bits per heavy atom. The molecule has 1 heteroatoms. The van der Waals surface area contributed by atoms with Crippen molar-refractivity contribution >= 4 is 0 Å². The summed E-state index contributed by atoms with van der Waals surface area (Å²) in [5.74, 6) is 5.21. The van der Waals surface area contributed by atoms with Gasteiger partial charge in [-0.3, -0.25) is 0 Å². The van der Waals surface area contributed by atoms with Crippen LogP contribution < -0.4 is 5.32 Å². The van der Waals surface area contributed by atoms with E-state index in [-0.39, 0.29) is 0 Å². The molecule has 1 aromatic carbocycles. The maximum Gasteiger partial charge on any atom is 0.0354 e. The molecule has 21 heavy (non-hydrogen) atoms. The Bertz CT molecular complexity index is 475. The van der Waals surface area contributed by atoms with Crippen LogP contribution in [0.5, 0.6) is 0 Å². The molecule has 3 saturated carbocycles. The van der Waals surface area contributed by atoms with Crippen LogP contribution in [0.1, 0.15) is 56.7 Å². The van der Waals surface area contributed by atoms with Gasteiger partial charge in [0.2, 0.25) is 0 Å². The highest BCUT2D eigenvalue weighted by Gasteiger charge is 2.66. The maximum absolute atomic E-state index is 3.88. The number of aryl methyl sites for hydroxylation is 1. The van der Waals surface area contributed by atoms with Gasteiger partial charge in [0.25, 0.3) is 0 Å². The first kappa shape index (κ1) is 13.8. The minimum atomic E-state index is 0.620. The Kier molecular flexibility index (Phi) is 3.57. The van der Waals surface area contributed by atoms with Crippen LogP contribution in [0.25, 0.3) is 0 Å². The first-order chi connectivity index (χ1) is 10.3. The molecule has 0 spiro atoms. The lowest BCUT2D eigenvalue weighted by molar-refractivity contribution is 0.370. The Labute approximate surface area is 129 Å². The molecule has 3 aliphatic carbocycles. The Hall–Kier alpha value is -0.820. The second-order valence-electron chi connectivity index (χ2n) is 7.59. The molecule has 1 N–H and O–H groups in total. The standard InChI is InChI=1S/C20H29N/c1-3-11-21-20(14-7-5-13(4-2)6-8-14)19-17-15-9-10-16(12-15)18(17)19/h5-8,15-21H,3-4,9-12H2,1-2H3. The molecule has 0 aliphatic heterocycles. The fourth-order valence-electron chi connectivity index (χ4n) is 5.57. The smallest absolute Gasteiger partial charge is 0.0354 e. The molecule has 3 fully saturated rings. The summed E-state index contributed by atoms with van der Waals surface area (Å²) in [6.45, 7) is 5.68. The highest BCUT2D eigenvalue weighted by molar-refractivity contribution is 5.29. The van der Waals surface area contributed by atoms with Gasteiger partial charge >= 0.3 is 0 Å². The molecule has 4 rings (SSSR count). The predicted molar refractivity (Wildman–Crippen MR) is 88.2 cm³/mol. The lowest BCUT2D eigenvalue weighted by atomic mass is 9.92. The molecule has 0 radical (unpaired) electrons. The van der Waals surface area contributed by atoms with Crippen molar-refractivity contribution in [2.24, 2.45) is 29.6 Å². The summed E-state index contributed by atoms with van der Waals surface area (Å²) < 4.78 is 0. The van der Waals surface area contributed by atoms with Gasteiger partial charge in [-0.15, -0.1) is 0 Å². The van der Waals surface area contributed by atoms with Crippen molar-refractivity contribution in [1.82, 2.24) is 5.32 Å². The van der Waals surface area contributed by atoms with Crippen LogP contribution in [0, 0.1) is 29.6 Å². The van der Waals surface area contributed by atoms with E-state index in [9.17, 15) is 0 Å². The molecule has 0 aromatic heterocycles. The second kappa shape index (κ2) is 5.43. The predicted octanol–water partition coefficient (Wildman–Crippen LogP) is 4.58. The van der Waals surface area contributed by atoms with Crippen molar-refractivity contribution in [3.05, 3.63) is 35.4 Å². The molecular formula is C20H29N. The van der Waals surface area contributed by atoms with E-state index < -0.39 is 0 Å². The molecule has 1 nitrogen and oxygen atoms in total.